The summed E-state index contributed by atoms with van der Waals surface area (Å²) < 4.78 is 18.3. The van der Waals surface area contributed by atoms with Gasteiger partial charge < -0.3 is 15.2 Å². The predicted molar refractivity (Wildman–Crippen MR) is 122 cm³/mol. The lowest BCUT2D eigenvalue weighted by Gasteiger charge is -2.14. The number of imidazole rings is 1. The van der Waals surface area contributed by atoms with Gasteiger partial charge in [-0.1, -0.05) is 12.5 Å². The van der Waals surface area contributed by atoms with Crippen molar-refractivity contribution in [3.8, 4) is 11.8 Å². The largest absolute Gasteiger partial charge is 0.383 e. The number of hydrogen-bond donors (Lipinski definition) is 1. The smallest absolute Gasteiger partial charge is 0.246 e. The van der Waals surface area contributed by atoms with E-state index in [4.69, 9.17) is 5.73 Å². The third kappa shape index (κ3) is 3.38. The van der Waals surface area contributed by atoms with Crippen LogP contribution in [0.15, 0.2) is 31.1 Å². The SMILES string of the molecule is C=CC(=O)N1CCC(n2nc(C#Cc3cc4nc(C)n(C)c4cc3F)c3c(N)ncnc32)C1. The third-order valence-corrected chi connectivity index (χ3v) is 6.02. The van der Waals surface area contributed by atoms with Crippen LogP contribution in [0.3, 0.4) is 0 Å². The normalized spacial score (nSPS) is 15.7. The summed E-state index contributed by atoms with van der Waals surface area (Å²) in [5, 5.41) is 5.14. The number of benzene rings is 1. The van der Waals surface area contributed by atoms with Crippen LogP contribution in [0.25, 0.3) is 22.1 Å². The van der Waals surface area contributed by atoms with Gasteiger partial charge in [-0.3, -0.25) is 4.79 Å². The van der Waals surface area contributed by atoms with Crippen molar-refractivity contribution in [1.29, 1.82) is 0 Å². The molecule has 1 atom stereocenters. The zero-order valence-corrected chi connectivity index (χ0v) is 18.2. The Morgan fingerprint density at radius 2 is 2.15 bits per heavy atom. The molecule has 0 radical (unpaired) electrons. The maximum Gasteiger partial charge on any atom is 0.246 e. The first-order valence-corrected chi connectivity index (χ1v) is 10.4. The van der Waals surface area contributed by atoms with Gasteiger partial charge in [0.05, 0.1) is 28.0 Å². The number of hydrogen-bond acceptors (Lipinski definition) is 6. The van der Waals surface area contributed by atoms with E-state index in [0.29, 0.717) is 47.3 Å². The van der Waals surface area contributed by atoms with Crippen LogP contribution in [-0.4, -0.2) is 53.2 Å². The molecule has 9 nitrogen and oxygen atoms in total. The van der Waals surface area contributed by atoms with E-state index in [-0.39, 0.29) is 23.3 Å². The topological polar surface area (TPSA) is 108 Å². The van der Waals surface area contributed by atoms with E-state index < -0.39 is 5.82 Å². The molecule has 166 valence electrons. The van der Waals surface area contributed by atoms with Gasteiger partial charge in [-0.15, -0.1) is 0 Å². The lowest BCUT2D eigenvalue weighted by Crippen LogP contribution is -2.27. The van der Waals surface area contributed by atoms with Crippen LogP contribution in [0.1, 0.15) is 29.5 Å². The van der Waals surface area contributed by atoms with E-state index >= 15 is 0 Å². The number of aromatic nitrogens is 6. The van der Waals surface area contributed by atoms with Gasteiger partial charge in [-0.25, -0.2) is 24.0 Å². The second-order valence-corrected chi connectivity index (χ2v) is 7.97. The second-order valence-electron chi connectivity index (χ2n) is 7.97. The quantitative estimate of drug-likeness (QED) is 0.375. The molecule has 1 saturated heterocycles. The molecule has 4 aromatic rings. The molecule has 33 heavy (non-hydrogen) atoms. The Morgan fingerprint density at radius 1 is 1.33 bits per heavy atom. The first kappa shape index (κ1) is 20.6. The molecular formula is C23H21FN8O. The summed E-state index contributed by atoms with van der Waals surface area (Å²) in [6, 6.07) is 2.96. The molecule has 0 spiro atoms. The van der Waals surface area contributed by atoms with Crippen molar-refractivity contribution in [1.82, 2.24) is 34.2 Å². The summed E-state index contributed by atoms with van der Waals surface area (Å²) in [7, 11) is 1.84. The fraction of sp³-hybridized carbons (Fsp3) is 0.261. The molecule has 1 amide bonds. The molecule has 3 aromatic heterocycles. The van der Waals surface area contributed by atoms with Gasteiger partial charge in [-0.05, 0) is 31.4 Å². The van der Waals surface area contributed by atoms with Crippen LogP contribution in [0.5, 0.6) is 0 Å². The number of carbonyl (C=O) groups excluding carboxylic acids is 1. The fourth-order valence-electron chi connectivity index (χ4n) is 4.16. The minimum absolute atomic E-state index is 0.0918. The number of amides is 1. The summed E-state index contributed by atoms with van der Waals surface area (Å²) in [5.74, 6) is 6.27. The van der Waals surface area contributed by atoms with Crippen LogP contribution in [0, 0.1) is 24.6 Å². The number of halogens is 1. The minimum atomic E-state index is -0.444. The third-order valence-electron chi connectivity index (χ3n) is 6.02. The molecule has 1 aromatic carbocycles. The molecule has 1 unspecified atom stereocenters. The maximum absolute atomic E-state index is 14.7. The molecule has 0 aliphatic carbocycles. The number of likely N-dealkylation sites (tertiary alicyclic amines) is 1. The average Bonchev–Trinajstić information content (AvgIpc) is 3.49. The van der Waals surface area contributed by atoms with Gasteiger partial charge in [0.2, 0.25) is 5.91 Å². The van der Waals surface area contributed by atoms with E-state index in [9.17, 15) is 9.18 Å². The van der Waals surface area contributed by atoms with E-state index in [1.54, 1.807) is 15.6 Å². The second kappa shape index (κ2) is 7.70. The van der Waals surface area contributed by atoms with Crippen LogP contribution in [0.2, 0.25) is 0 Å². The van der Waals surface area contributed by atoms with E-state index in [1.165, 1.54) is 18.5 Å². The van der Waals surface area contributed by atoms with Gasteiger partial charge in [0.1, 0.15) is 29.5 Å². The Morgan fingerprint density at radius 3 is 2.94 bits per heavy atom. The summed E-state index contributed by atoms with van der Waals surface area (Å²) in [6.45, 7) is 6.47. The number of aryl methyl sites for hydroxylation is 2. The highest BCUT2D eigenvalue weighted by atomic mass is 19.1. The van der Waals surface area contributed by atoms with Crippen LogP contribution < -0.4 is 5.73 Å². The van der Waals surface area contributed by atoms with E-state index in [0.717, 1.165) is 5.82 Å². The van der Waals surface area contributed by atoms with Crippen molar-refractivity contribution in [2.24, 2.45) is 7.05 Å². The Balaban J connectivity index is 1.58. The Hall–Kier alpha value is -4.26. The number of anilines is 1. The molecule has 1 fully saturated rings. The molecular weight excluding hydrogens is 423 g/mol. The van der Waals surface area contributed by atoms with Gasteiger partial charge in [0, 0.05) is 26.2 Å². The lowest BCUT2D eigenvalue weighted by molar-refractivity contribution is -0.125. The van der Waals surface area contributed by atoms with Gasteiger partial charge in [0.15, 0.2) is 5.65 Å². The first-order chi connectivity index (χ1) is 15.9. The van der Waals surface area contributed by atoms with Crippen molar-refractivity contribution >= 4 is 33.8 Å². The van der Waals surface area contributed by atoms with Gasteiger partial charge in [0.25, 0.3) is 0 Å². The highest BCUT2D eigenvalue weighted by molar-refractivity contribution is 5.91. The van der Waals surface area contributed by atoms with Crippen molar-refractivity contribution in [3.05, 3.63) is 54.0 Å². The molecule has 4 heterocycles. The van der Waals surface area contributed by atoms with Crippen LogP contribution in [-0.2, 0) is 11.8 Å². The predicted octanol–water partition coefficient (Wildman–Crippen LogP) is 2.10. The summed E-state index contributed by atoms with van der Waals surface area (Å²) in [6.07, 6.45) is 3.37. The molecule has 1 aliphatic rings. The molecule has 1 aliphatic heterocycles. The fourth-order valence-corrected chi connectivity index (χ4v) is 4.16. The van der Waals surface area contributed by atoms with Crippen molar-refractivity contribution in [2.75, 3.05) is 18.8 Å². The van der Waals surface area contributed by atoms with Gasteiger partial charge in [-0.2, -0.15) is 5.10 Å². The van der Waals surface area contributed by atoms with Gasteiger partial charge >= 0.3 is 0 Å². The number of nitrogens with zero attached hydrogens (tertiary/aromatic N) is 7. The van der Waals surface area contributed by atoms with Crippen LogP contribution >= 0.6 is 0 Å². The zero-order chi connectivity index (χ0) is 23.3. The number of fused-ring (bicyclic) bond motifs is 2. The standard InChI is InChI=1S/C23H21FN8O/c1-4-20(33)31-8-7-15(11-31)32-23-21(22(25)26-12-27-23)17(29-32)6-5-14-9-18-19(10-16(14)24)30(3)13(2)28-18/h4,9-10,12,15H,1,7-8,11H2,2-3H3,(H2,25,26,27). The Bertz CT molecular complexity index is 1510. The summed E-state index contributed by atoms with van der Waals surface area (Å²) >= 11 is 0. The zero-order valence-electron chi connectivity index (χ0n) is 18.2. The van der Waals surface area contributed by atoms with Crippen LogP contribution in [0.4, 0.5) is 10.2 Å². The number of rotatable bonds is 2. The van der Waals surface area contributed by atoms with E-state index in [1.807, 2.05) is 18.5 Å². The average molecular weight is 444 g/mol. The highest BCUT2D eigenvalue weighted by Crippen LogP contribution is 2.28. The van der Waals surface area contributed by atoms with Crippen molar-refractivity contribution in [3.63, 3.8) is 0 Å². The molecule has 0 bridgehead atoms. The highest BCUT2D eigenvalue weighted by Gasteiger charge is 2.29. The summed E-state index contributed by atoms with van der Waals surface area (Å²) in [4.78, 5) is 26.6. The maximum atomic E-state index is 14.7. The van der Waals surface area contributed by atoms with Crippen molar-refractivity contribution < 1.29 is 9.18 Å². The molecule has 5 rings (SSSR count). The Labute approximate surface area is 188 Å². The molecule has 2 N–H and O–H groups in total. The molecule has 10 heteroatoms. The number of nitrogen functional groups attached to an aromatic ring is 1. The number of nitrogens with two attached hydrogens (primary N) is 1. The number of carbonyl (C=O) groups is 1. The minimum Gasteiger partial charge on any atom is -0.383 e. The lowest BCUT2D eigenvalue weighted by atomic mass is 10.1. The first-order valence-electron chi connectivity index (χ1n) is 10.4. The monoisotopic (exact) mass is 444 g/mol. The van der Waals surface area contributed by atoms with Crippen molar-refractivity contribution in [2.45, 2.75) is 19.4 Å². The Kier molecular flexibility index (Phi) is 4.82. The van der Waals surface area contributed by atoms with E-state index in [2.05, 4.69) is 38.5 Å². The summed E-state index contributed by atoms with van der Waals surface area (Å²) in [5.41, 5.74) is 8.58. The molecule has 0 saturated carbocycles.